The zero-order chi connectivity index (χ0) is 22.1. The maximum Gasteiger partial charge on any atom is 0.338 e. The van der Waals surface area contributed by atoms with Gasteiger partial charge in [0.05, 0.1) is 23.2 Å². The number of imide groups is 1. The molecule has 0 bridgehead atoms. The molecule has 3 rings (SSSR count). The number of benzene rings is 2. The third-order valence-electron chi connectivity index (χ3n) is 4.54. The summed E-state index contributed by atoms with van der Waals surface area (Å²) in [6.45, 7) is 7.09. The summed E-state index contributed by atoms with van der Waals surface area (Å²) >= 11 is 0. The van der Waals surface area contributed by atoms with Crippen LogP contribution in [0.15, 0.2) is 48.5 Å². The van der Waals surface area contributed by atoms with Crippen molar-refractivity contribution in [1.82, 2.24) is 10.2 Å². The summed E-state index contributed by atoms with van der Waals surface area (Å²) in [7, 11) is 0. The van der Waals surface area contributed by atoms with Crippen LogP contribution in [0.3, 0.4) is 0 Å². The third-order valence-corrected chi connectivity index (χ3v) is 4.54. The molecule has 0 radical (unpaired) electrons. The molecule has 7 heteroatoms. The average molecular weight is 408 g/mol. The molecule has 1 aliphatic rings. The van der Waals surface area contributed by atoms with Gasteiger partial charge >= 0.3 is 5.97 Å². The van der Waals surface area contributed by atoms with E-state index in [-0.39, 0.29) is 23.2 Å². The first-order valence-electron chi connectivity index (χ1n) is 9.64. The number of nitrogens with one attached hydrogen (secondary N) is 1. The predicted molar refractivity (Wildman–Crippen MR) is 110 cm³/mol. The van der Waals surface area contributed by atoms with Crippen molar-refractivity contribution in [1.29, 1.82) is 0 Å². The van der Waals surface area contributed by atoms with Gasteiger partial charge in [-0.05, 0) is 51.5 Å². The quantitative estimate of drug-likeness (QED) is 0.607. The van der Waals surface area contributed by atoms with Gasteiger partial charge in [-0.25, -0.2) is 4.79 Å². The van der Waals surface area contributed by atoms with Gasteiger partial charge in [0.25, 0.3) is 17.7 Å². The van der Waals surface area contributed by atoms with E-state index in [4.69, 9.17) is 4.74 Å². The topological polar surface area (TPSA) is 92.8 Å². The lowest BCUT2D eigenvalue weighted by molar-refractivity contribution is -0.130. The van der Waals surface area contributed by atoms with Crippen LogP contribution in [0.5, 0.6) is 0 Å². The molecule has 2 aromatic rings. The Balaban J connectivity index is 1.74. The second kappa shape index (κ2) is 8.10. The van der Waals surface area contributed by atoms with Crippen LogP contribution >= 0.6 is 0 Å². The SMILES string of the molecule is C[C@H](OC(=O)c1ccc2c(c1)C(=O)N(Cc1ccccc1)C2=O)C(=O)NC(C)(C)C. The number of amides is 3. The van der Waals surface area contributed by atoms with E-state index in [1.54, 1.807) is 0 Å². The Kier molecular flexibility index (Phi) is 5.73. The van der Waals surface area contributed by atoms with Crippen molar-refractivity contribution in [3.8, 4) is 0 Å². The van der Waals surface area contributed by atoms with E-state index >= 15 is 0 Å². The first kappa shape index (κ1) is 21.2. The molecule has 0 aromatic heterocycles. The molecule has 156 valence electrons. The van der Waals surface area contributed by atoms with E-state index in [1.807, 2.05) is 51.1 Å². The van der Waals surface area contributed by atoms with Gasteiger partial charge in [0.1, 0.15) is 0 Å². The molecule has 2 aromatic carbocycles. The molecule has 1 heterocycles. The van der Waals surface area contributed by atoms with Crippen molar-refractivity contribution in [2.45, 2.75) is 45.9 Å². The first-order valence-corrected chi connectivity index (χ1v) is 9.64. The summed E-state index contributed by atoms with van der Waals surface area (Å²) in [4.78, 5) is 51.1. The summed E-state index contributed by atoms with van der Waals surface area (Å²) in [6.07, 6.45) is -1.00. The van der Waals surface area contributed by atoms with Gasteiger partial charge in [0.15, 0.2) is 6.10 Å². The zero-order valence-corrected chi connectivity index (χ0v) is 17.4. The van der Waals surface area contributed by atoms with E-state index in [0.717, 1.165) is 10.5 Å². The normalized spacial score (nSPS) is 14.3. The monoisotopic (exact) mass is 408 g/mol. The van der Waals surface area contributed by atoms with Gasteiger partial charge in [-0.1, -0.05) is 30.3 Å². The number of carbonyl (C=O) groups excluding carboxylic acids is 4. The molecular weight excluding hydrogens is 384 g/mol. The standard InChI is InChI=1S/C23H24N2O5/c1-14(19(26)24-23(2,3)4)30-22(29)16-10-11-17-18(12-16)21(28)25(20(17)27)13-15-8-6-5-7-9-15/h5-12,14H,13H2,1-4H3,(H,24,26)/t14-/m0/s1. The van der Waals surface area contributed by atoms with Gasteiger partial charge in [-0.2, -0.15) is 0 Å². The van der Waals surface area contributed by atoms with E-state index in [1.165, 1.54) is 25.1 Å². The fraction of sp³-hybridized carbons (Fsp3) is 0.304. The second-order valence-corrected chi connectivity index (χ2v) is 8.23. The van der Waals surface area contributed by atoms with Crippen LogP contribution in [-0.2, 0) is 16.1 Å². The maximum absolute atomic E-state index is 12.8. The molecule has 7 nitrogen and oxygen atoms in total. The number of ether oxygens (including phenoxy) is 1. The Morgan fingerprint density at radius 2 is 1.63 bits per heavy atom. The highest BCUT2D eigenvalue weighted by molar-refractivity contribution is 6.21. The number of hydrogen-bond donors (Lipinski definition) is 1. The molecule has 1 aliphatic heterocycles. The molecule has 0 unspecified atom stereocenters. The van der Waals surface area contributed by atoms with Crippen LogP contribution in [0.1, 0.15) is 64.3 Å². The zero-order valence-electron chi connectivity index (χ0n) is 17.4. The van der Waals surface area contributed by atoms with Gasteiger partial charge in [0, 0.05) is 5.54 Å². The molecule has 0 saturated carbocycles. The molecule has 0 fully saturated rings. The van der Waals surface area contributed by atoms with Gasteiger partial charge < -0.3 is 10.1 Å². The van der Waals surface area contributed by atoms with E-state index < -0.39 is 35.3 Å². The van der Waals surface area contributed by atoms with Crippen molar-refractivity contribution in [3.05, 3.63) is 70.8 Å². The van der Waals surface area contributed by atoms with Crippen molar-refractivity contribution in [3.63, 3.8) is 0 Å². The number of fused-ring (bicyclic) bond motifs is 1. The second-order valence-electron chi connectivity index (χ2n) is 8.23. The minimum Gasteiger partial charge on any atom is -0.449 e. The van der Waals surface area contributed by atoms with E-state index in [2.05, 4.69) is 5.32 Å². The number of hydrogen-bond acceptors (Lipinski definition) is 5. The average Bonchev–Trinajstić information content (AvgIpc) is 2.92. The van der Waals surface area contributed by atoms with Crippen LogP contribution in [0.4, 0.5) is 0 Å². The lowest BCUT2D eigenvalue weighted by Gasteiger charge is -2.23. The van der Waals surface area contributed by atoms with Crippen LogP contribution in [0.2, 0.25) is 0 Å². The third kappa shape index (κ3) is 4.56. The Hall–Kier alpha value is -3.48. The lowest BCUT2D eigenvalue weighted by Crippen LogP contribution is -2.46. The number of nitrogens with zero attached hydrogens (tertiary/aromatic N) is 1. The fourth-order valence-electron chi connectivity index (χ4n) is 3.08. The molecule has 30 heavy (non-hydrogen) atoms. The summed E-state index contributed by atoms with van der Waals surface area (Å²) in [5, 5.41) is 2.74. The Morgan fingerprint density at radius 1 is 1.00 bits per heavy atom. The van der Waals surface area contributed by atoms with Crippen molar-refractivity contribution in [2.24, 2.45) is 0 Å². The summed E-state index contributed by atoms with van der Waals surface area (Å²) in [5.41, 5.74) is 0.862. The molecule has 3 amide bonds. The first-order chi connectivity index (χ1) is 14.1. The van der Waals surface area contributed by atoms with Gasteiger partial charge in [-0.15, -0.1) is 0 Å². The summed E-state index contributed by atoms with van der Waals surface area (Å²) in [5.74, 6) is -2.03. The van der Waals surface area contributed by atoms with Gasteiger partial charge in [0.2, 0.25) is 0 Å². The molecule has 0 spiro atoms. The van der Waals surface area contributed by atoms with Crippen molar-refractivity contribution in [2.75, 3.05) is 0 Å². The maximum atomic E-state index is 12.8. The molecule has 0 saturated heterocycles. The Morgan fingerprint density at radius 3 is 2.27 bits per heavy atom. The number of esters is 1. The van der Waals surface area contributed by atoms with Crippen LogP contribution in [0, 0.1) is 0 Å². The Bertz CT molecular complexity index is 1010. The molecule has 1 N–H and O–H groups in total. The number of rotatable bonds is 5. The minimum absolute atomic E-state index is 0.104. The number of carbonyl (C=O) groups is 4. The van der Waals surface area contributed by atoms with Crippen molar-refractivity contribution >= 4 is 23.7 Å². The predicted octanol–water partition coefficient (Wildman–Crippen LogP) is 2.94. The highest BCUT2D eigenvalue weighted by Crippen LogP contribution is 2.26. The van der Waals surface area contributed by atoms with Crippen LogP contribution in [0.25, 0.3) is 0 Å². The van der Waals surface area contributed by atoms with E-state index in [9.17, 15) is 19.2 Å². The molecular formula is C23H24N2O5. The lowest BCUT2D eigenvalue weighted by atomic mass is 10.1. The van der Waals surface area contributed by atoms with Crippen LogP contribution < -0.4 is 5.32 Å². The fourth-order valence-corrected chi connectivity index (χ4v) is 3.08. The molecule has 0 aliphatic carbocycles. The Labute approximate surface area is 175 Å². The smallest absolute Gasteiger partial charge is 0.338 e. The van der Waals surface area contributed by atoms with Crippen molar-refractivity contribution < 1.29 is 23.9 Å². The largest absolute Gasteiger partial charge is 0.449 e. The summed E-state index contributed by atoms with van der Waals surface area (Å²) < 4.78 is 5.23. The molecule has 1 atom stereocenters. The minimum atomic E-state index is -1.00. The van der Waals surface area contributed by atoms with Gasteiger partial charge in [-0.3, -0.25) is 19.3 Å². The van der Waals surface area contributed by atoms with E-state index in [0.29, 0.717) is 0 Å². The highest BCUT2D eigenvalue weighted by atomic mass is 16.5. The van der Waals surface area contributed by atoms with Crippen LogP contribution in [-0.4, -0.2) is 40.2 Å². The summed E-state index contributed by atoms with van der Waals surface area (Å²) in [6, 6.07) is 13.4. The highest BCUT2D eigenvalue weighted by Gasteiger charge is 2.36.